The van der Waals surface area contributed by atoms with Crippen molar-refractivity contribution < 1.29 is 4.39 Å². The number of anilines is 1. The van der Waals surface area contributed by atoms with Gasteiger partial charge < -0.3 is 5.32 Å². The van der Waals surface area contributed by atoms with Gasteiger partial charge in [0.15, 0.2) is 0 Å². The molecule has 0 heterocycles. The molecule has 106 valence electrons. The predicted octanol–water partition coefficient (Wildman–Crippen LogP) is 6.03. The largest absolute Gasteiger partial charge is 0.378 e. The van der Waals surface area contributed by atoms with Gasteiger partial charge in [-0.05, 0) is 61.7 Å². The Morgan fingerprint density at radius 3 is 2.30 bits per heavy atom. The van der Waals surface area contributed by atoms with E-state index < -0.39 is 0 Å². The molecule has 20 heavy (non-hydrogen) atoms. The first-order valence-corrected chi connectivity index (χ1v) is 7.54. The van der Waals surface area contributed by atoms with E-state index in [1.807, 2.05) is 6.92 Å². The summed E-state index contributed by atoms with van der Waals surface area (Å²) in [4.78, 5) is 0. The second-order valence-corrected chi connectivity index (χ2v) is 6.16. The van der Waals surface area contributed by atoms with E-state index in [-0.39, 0.29) is 11.9 Å². The summed E-state index contributed by atoms with van der Waals surface area (Å²) in [6.07, 6.45) is 0. The van der Waals surface area contributed by atoms with Crippen molar-refractivity contribution in [3.05, 3.63) is 62.3 Å². The number of aryl methyl sites for hydroxylation is 2. The van der Waals surface area contributed by atoms with Crippen molar-refractivity contribution in [1.29, 1.82) is 0 Å². The first-order valence-electron chi connectivity index (χ1n) is 6.36. The molecule has 2 aromatic rings. The molecule has 1 nitrogen and oxygen atoms in total. The van der Waals surface area contributed by atoms with Crippen LogP contribution in [0.15, 0.2) is 34.8 Å². The lowest BCUT2D eigenvalue weighted by atomic mass is 10.1. The summed E-state index contributed by atoms with van der Waals surface area (Å²) in [7, 11) is 0. The molecule has 0 aromatic heterocycles. The molecule has 0 spiro atoms. The Balaban J connectivity index is 2.25. The molecule has 0 radical (unpaired) electrons. The smallest absolute Gasteiger partial charge is 0.124 e. The maximum Gasteiger partial charge on any atom is 0.124 e. The fourth-order valence-corrected chi connectivity index (χ4v) is 2.77. The third-order valence-electron chi connectivity index (χ3n) is 3.25. The fourth-order valence-electron chi connectivity index (χ4n) is 2.21. The Kier molecular flexibility index (Phi) is 4.71. The summed E-state index contributed by atoms with van der Waals surface area (Å²) in [5, 5.41) is 3.84. The topological polar surface area (TPSA) is 12.0 Å². The van der Waals surface area contributed by atoms with Crippen molar-refractivity contribution in [2.75, 3.05) is 5.32 Å². The van der Waals surface area contributed by atoms with Crippen LogP contribution in [0.2, 0.25) is 5.02 Å². The molecule has 0 saturated heterocycles. The number of rotatable bonds is 3. The van der Waals surface area contributed by atoms with Gasteiger partial charge in [0, 0.05) is 21.2 Å². The number of benzene rings is 2. The van der Waals surface area contributed by atoms with Gasteiger partial charge >= 0.3 is 0 Å². The lowest BCUT2D eigenvalue weighted by molar-refractivity contribution is 0.626. The highest BCUT2D eigenvalue weighted by Gasteiger charge is 2.11. The van der Waals surface area contributed by atoms with Crippen LogP contribution in [-0.4, -0.2) is 0 Å². The highest BCUT2D eigenvalue weighted by atomic mass is 79.9. The summed E-state index contributed by atoms with van der Waals surface area (Å²) < 4.78 is 14.2. The minimum atomic E-state index is -0.318. The van der Waals surface area contributed by atoms with E-state index in [0.717, 1.165) is 15.7 Å². The van der Waals surface area contributed by atoms with Crippen LogP contribution in [0.4, 0.5) is 10.1 Å². The van der Waals surface area contributed by atoms with Crippen molar-refractivity contribution in [2.24, 2.45) is 0 Å². The zero-order valence-corrected chi connectivity index (χ0v) is 13.9. The SMILES string of the molecule is Cc1cc(NC(C)c2ccc(F)cc2Cl)cc(C)c1Br. The maximum atomic E-state index is 13.1. The van der Waals surface area contributed by atoms with Gasteiger partial charge in [-0.25, -0.2) is 4.39 Å². The zero-order valence-electron chi connectivity index (χ0n) is 11.6. The van der Waals surface area contributed by atoms with E-state index in [0.29, 0.717) is 5.02 Å². The fraction of sp³-hybridized carbons (Fsp3) is 0.250. The van der Waals surface area contributed by atoms with Gasteiger partial charge in [0.2, 0.25) is 0 Å². The molecule has 0 aliphatic rings. The summed E-state index contributed by atoms with van der Waals surface area (Å²) in [5.74, 6) is -0.318. The molecule has 0 saturated carbocycles. The zero-order chi connectivity index (χ0) is 14.9. The molecule has 0 amide bonds. The van der Waals surface area contributed by atoms with E-state index in [1.165, 1.54) is 23.3 Å². The molecule has 2 aromatic carbocycles. The Morgan fingerprint density at radius 1 is 1.15 bits per heavy atom. The third kappa shape index (κ3) is 3.33. The van der Waals surface area contributed by atoms with E-state index in [4.69, 9.17) is 11.6 Å². The number of hydrogen-bond acceptors (Lipinski definition) is 1. The molecule has 1 atom stereocenters. The summed E-state index contributed by atoms with van der Waals surface area (Å²) in [6, 6.07) is 8.64. The van der Waals surface area contributed by atoms with E-state index in [9.17, 15) is 4.39 Å². The van der Waals surface area contributed by atoms with E-state index >= 15 is 0 Å². The number of nitrogens with one attached hydrogen (secondary N) is 1. The van der Waals surface area contributed by atoms with Gasteiger partial charge in [0.1, 0.15) is 5.82 Å². The standard InChI is InChI=1S/C16H16BrClFN/c1-9-6-13(7-10(2)16(9)17)20-11(3)14-5-4-12(19)8-15(14)18/h4-8,11,20H,1-3H3. The normalized spacial score (nSPS) is 12.3. The van der Waals surface area contributed by atoms with Gasteiger partial charge in [0.25, 0.3) is 0 Å². The Hall–Kier alpha value is -1.06. The second kappa shape index (κ2) is 6.15. The monoisotopic (exact) mass is 355 g/mol. The predicted molar refractivity (Wildman–Crippen MR) is 87.1 cm³/mol. The van der Waals surface area contributed by atoms with Crippen molar-refractivity contribution in [3.8, 4) is 0 Å². The van der Waals surface area contributed by atoms with Crippen LogP contribution in [0, 0.1) is 19.7 Å². The molecule has 2 rings (SSSR count). The second-order valence-electron chi connectivity index (χ2n) is 4.96. The van der Waals surface area contributed by atoms with Crippen molar-refractivity contribution in [2.45, 2.75) is 26.8 Å². The Bertz CT molecular complexity index is 619. The molecule has 0 aliphatic heterocycles. The average molecular weight is 357 g/mol. The summed E-state index contributed by atoms with van der Waals surface area (Å²) in [6.45, 7) is 6.11. The van der Waals surface area contributed by atoms with Crippen LogP contribution in [0.5, 0.6) is 0 Å². The van der Waals surface area contributed by atoms with Crippen molar-refractivity contribution in [1.82, 2.24) is 0 Å². The first-order chi connectivity index (χ1) is 9.38. The summed E-state index contributed by atoms with van der Waals surface area (Å²) in [5.41, 5.74) is 4.25. The van der Waals surface area contributed by atoms with Crippen LogP contribution in [0.25, 0.3) is 0 Å². The van der Waals surface area contributed by atoms with Crippen molar-refractivity contribution >= 4 is 33.2 Å². The van der Waals surface area contributed by atoms with Gasteiger partial charge in [-0.15, -0.1) is 0 Å². The number of hydrogen-bond donors (Lipinski definition) is 1. The van der Waals surface area contributed by atoms with E-state index in [1.54, 1.807) is 6.07 Å². The molecule has 1 N–H and O–H groups in total. The van der Waals surface area contributed by atoms with Crippen LogP contribution in [-0.2, 0) is 0 Å². The van der Waals surface area contributed by atoms with Gasteiger partial charge in [-0.2, -0.15) is 0 Å². The third-order valence-corrected chi connectivity index (χ3v) is 4.83. The molecular formula is C16H16BrClFN. The molecule has 0 aliphatic carbocycles. The highest BCUT2D eigenvalue weighted by molar-refractivity contribution is 9.10. The van der Waals surface area contributed by atoms with Crippen molar-refractivity contribution in [3.63, 3.8) is 0 Å². The summed E-state index contributed by atoms with van der Waals surface area (Å²) >= 11 is 9.64. The molecule has 0 fully saturated rings. The van der Waals surface area contributed by atoms with Crippen LogP contribution < -0.4 is 5.32 Å². The van der Waals surface area contributed by atoms with E-state index in [2.05, 4.69) is 47.2 Å². The van der Waals surface area contributed by atoms with Gasteiger partial charge in [-0.1, -0.05) is 33.6 Å². The Morgan fingerprint density at radius 2 is 1.75 bits per heavy atom. The molecule has 0 bridgehead atoms. The first kappa shape index (κ1) is 15.3. The van der Waals surface area contributed by atoms with Gasteiger partial charge in [-0.3, -0.25) is 0 Å². The van der Waals surface area contributed by atoms with Crippen LogP contribution in [0.3, 0.4) is 0 Å². The number of halogens is 3. The molecule has 4 heteroatoms. The van der Waals surface area contributed by atoms with Crippen LogP contribution in [0.1, 0.15) is 29.7 Å². The minimum absolute atomic E-state index is 0.00285. The Labute approximate surface area is 132 Å². The minimum Gasteiger partial charge on any atom is -0.378 e. The molecular weight excluding hydrogens is 341 g/mol. The lowest BCUT2D eigenvalue weighted by Gasteiger charge is -2.18. The molecule has 1 unspecified atom stereocenters. The maximum absolute atomic E-state index is 13.1. The quantitative estimate of drug-likeness (QED) is 0.708. The van der Waals surface area contributed by atoms with Gasteiger partial charge in [0.05, 0.1) is 0 Å². The van der Waals surface area contributed by atoms with Crippen LogP contribution >= 0.6 is 27.5 Å². The lowest BCUT2D eigenvalue weighted by Crippen LogP contribution is -2.08. The highest BCUT2D eigenvalue weighted by Crippen LogP contribution is 2.30. The average Bonchev–Trinajstić information content (AvgIpc) is 2.35.